The fraction of sp³-hybridized carbons (Fsp3) is 0.212. The third kappa shape index (κ3) is 8.05. The molecule has 1 radical (unpaired) electrons. The van der Waals surface area contributed by atoms with Gasteiger partial charge in [0.1, 0.15) is 0 Å². The zero-order valence-electron chi connectivity index (χ0n) is 38.5. The molecule has 0 aliphatic rings. The number of aromatic nitrogens is 4. The van der Waals surface area contributed by atoms with E-state index in [2.05, 4.69) is 116 Å². The number of nitrogens with zero attached hydrogens (tertiary/aromatic N) is 4. The van der Waals surface area contributed by atoms with Crippen molar-refractivity contribution in [3.63, 3.8) is 0 Å². The van der Waals surface area contributed by atoms with Gasteiger partial charge in [0.15, 0.2) is 0 Å². The number of para-hydroxylation sites is 3. The monoisotopic (exact) mass is 942 g/mol. The molecular weight excluding hydrogens is 889 g/mol. The second-order valence-corrected chi connectivity index (χ2v) is 15.2. The molecule has 293 valence electrons. The number of furan rings is 1. The van der Waals surface area contributed by atoms with Crippen molar-refractivity contribution in [2.24, 2.45) is 5.92 Å². The standard InChI is InChI=1S/C36H30N3O.C16H18N.Ir/c1-22(2)25-14-10-15-26(23(3)4)33(25)39-32-19-9-8-18-31(32)37-35(39)29-17-11-16-27-28-20-21-30(24-12-6-5-7-13-24)38-36(28)40-34(27)29;1-12(2)9-15-10-16(17-11-13(15)3)14-7-5-4-6-8-14;/h5-16,18-23H,1-4H3;4-7,10-12H,9H2,1-3H3;/q2*-1;/i;3D3,9D2;. The molecule has 4 heterocycles. The molecule has 0 bridgehead atoms. The van der Waals surface area contributed by atoms with Crippen molar-refractivity contribution in [2.75, 3.05) is 0 Å². The molecule has 0 aliphatic heterocycles. The smallest absolute Gasteiger partial charge is 0.216 e. The molecule has 6 heteroatoms. The Kier molecular flexibility index (Phi) is 10.3. The predicted molar refractivity (Wildman–Crippen MR) is 236 cm³/mol. The number of rotatable bonds is 8. The van der Waals surface area contributed by atoms with E-state index in [9.17, 15) is 0 Å². The van der Waals surface area contributed by atoms with E-state index in [1.54, 1.807) is 19.9 Å². The van der Waals surface area contributed by atoms with Crippen molar-refractivity contribution < 1.29 is 31.4 Å². The van der Waals surface area contributed by atoms with Crippen molar-refractivity contribution in [3.8, 4) is 39.6 Å². The van der Waals surface area contributed by atoms with Crippen LogP contribution in [0.4, 0.5) is 0 Å². The first kappa shape index (κ1) is 34.4. The third-order valence-corrected chi connectivity index (χ3v) is 10.1. The maximum Gasteiger partial charge on any atom is 0.216 e. The van der Waals surface area contributed by atoms with Gasteiger partial charge in [0.2, 0.25) is 5.71 Å². The average molecular weight is 942 g/mol. The Bertz CT molecular complexity index is 3000. The Hall–Kier alpha value is -5.68. The third-order valence-electron chi connectivity index (χ3n) is 10.1. The van der Waals surface area contributed by atoms with Crippen molar-refractivity contribution in [2.45, 2.75) is 66.6 Å². The van der Waals surface area contributed by atoms with Crippen LogP contribution in [0.2, 0.25) is 0 Å². The number of pyridine rings is 2. The first-order chi connectivity index (χ1) is 29.6. The first-order valence-corrected chi connectivity index (χ1v) is 19.5. The molecule has 4 aromatic heterocycles. The molecule has 0 spiro atoms. The average Bonchev–Trinajstić information content (AvgIpc) is 3.84. The molecule has 0 amide bonds. The molecule has 9 aromatic rings. The summed E-state index contributed by atoms with van der Waals surface area (Å²) in [7, 11) is 0. The van der Waals surface area contributed by atoms with Gasteiger partial charge < -0.3 is 14.0 Å². The maximum atomic E-state index is 8.28. The Morgan fingerprint density at radius 3 is 2.17 bits per heavy atom. The van der Waals surface area contributed by atoms with Crippen LogP contribution in [0.15, 0.2) is 138 Å². The number of imidazole rings is 1. The van der Waals surface area contributed by atoms with Crippen LogP contribution in [0, 0.1) is 24.9 Å². The molecule has 5 nitrogen and oxygen atoms in total. The molecule has 0 unspecified atom stereocenters. The van der Waals surface area contributed by atoms with Crippen LogP contribution in [-0.2, 0) is 26.5 Å². The second kappa shape index (κ2) is 17.4. The summed E-state index contributed by atoms with van der Waals surface area (Å²) in [5.74, 6) is 1.15. The Morgan fingerprint density at radius 1 is 0.724 bits per heavy atom. The van der Waals surface area contributed by atoms with E-state index >= 15 is 0 Å². The van der Waals surface area contributed by atoms with Crippen LogP contribution in [0.5, 0.6) is 0 Å². The minimum absolute atomic E-state index is 0. The van der Waals surface area contributed by atoms with E-state index in [0.717, 1.165) is 50.0 Å². The van der Waals surface area contributed by atoms with Crippen molar-refractivity contribution in [3.05, 3.63) is 168 Å². The zero-order valence-corrected chi connectivity index (χ0v) is 35.9. The summed E-state index contributed by atoms with van der Waals surface area (Å²) < 4.78 is 48.3. The molecule has 58 heavy (non-hydrogen) atoms. The van der Waals surface area contributed by atoms with Crippen LogP contribution in [0.1, 0.15) is 82.5 Å². The van der Waals surface area contributed by atoms with Gasteiger partial charge in [-0.1, -0.05) is 125 Å². The summed E-state index contributed by atoms with van der Waals surface area (Å²) in [6.45, 7) is 10.1. The van der Waals surface area contributed by atoms with E-state index in [4.69, 9.17) is 21.2 Å². The summed E-state index contributed by atoms with van der Waals surface area (Å²) >= 11 is 0. The summed E-state index contributed by atoms with van der Waals surface area (Å²) in [4.78, 5) is 14.3. The van der Waals surface area contributed by atoms with Crippen molar-refractivity contribution >= 4 is 33.1 Å². The van der Waals surface area contributed by atoms with E-state index in [-0.39, 0.29) is 37.2 Å². The molecule has 5 aromatic carbocycles. The van der Waals surface area contributed by atoms with Gasteiger partial charge in [0.05, 0.1) is 28.1 Å². The van der Waals surface area contributed by atoms with E-state index in [1.165, 1.54) is 29.1 Å². The van der Waals surface area contributed by atoms with Gasteiger partial charge in [-0.2, -0.15) is 0 Å². The van der Waals surface area contributed by atoms with Crippen LogP contribution in [-0.4, -0.2) is 19.5 Å². The summed E-state index contributed by atoms with van der Waals surface area (Å²) in [5.41, 5.74) is 11.3. The predicted octanol–water partition coefficient (Wildman–Crippen LogP) is 13.8. The fourth-order valence-corrected chi connectivity index (χ4v) is 7.33. The Labute approximate surface area is 362 Å². The largest absolute Gasteiger partial charge is 0.486 e. The van der Waals surface area contributed by atoms with Crippen molar-refractivity contribution in [1.29, 1.82) is 0 Å². The summed E-state index contributed by atoms with van der Waals surface area (Å²) in [6, 6.07) is 48.7. The molecular formula is C52H48IrN4O-2. The quantitative estimate of drug-likeness (QED) is 0.142. The number of hydrogen-bond acceptors (Lipinski definition) is 4. The Morgan fingerprint density at radius 2 is 1.47 bits per heavy atom. The number of benzene rings is 5. The maximum absolute atomic E-state index is 8.28. The van der Waals surface area contributed by atoms with Crippen LogP contribution in [0.25, 0.3) is 72.7 Å². The molecule has 0 saturated carbocycles. The number of aryl methyl sites for hydroxylation is 1. The van der Waals surface area contributed by atoms with Gasteiger partial charge in [-0.25, -0.2) is 4.98 Å². The van der Waals surface area contributed by atoms with E-state index < -0.39 is 13.2 Å². The van der Waals surface area contributed by atoms with Crippen LogP contribution >= 0.6 is 0 Å². The van der Waals surface area contributed by atoms with Gasteiger partial charge in [-0.05, 0) is 77.6 Å². The van der Waals surface area contributed by atoms with Gasteiger partial charge in [-0.15, -0.1) is 54.1 Å². The summed E-state index contributed by atoms with van der Waals surface area (Å²) in [5, 5.41) is 1.99. The molecule has 0 fully saturated rings. The van der Waals surface area contributed by atoms with Gasteiger partial charge in [0.25, 0.3) is 0 Å². The molecule has 0 aliphatic carbocycles. The summed E-state index contributed by atoms with van der Waals surface area (Å²) in [6.07, 6.45) is -0.491. The van der Waals surface area contributed by atoms with Gasteiger partial charge in [0, 0.05) is 49.8 Å². The van der Waals surface area contributed by atoms with Crippen LogP contribution < -0.4 is 0 Å². The second-order valence-electron chi connectivity index (χ2n) is 15.2. The minimum Gasteiger partial charge on any atom is -0.486 e. The van der Waals surface area contributed by atoms with E-state index in [0.29, 0.717) is 28.8 Å². The van der Waals surface area contributed by atoms with Crippen LogP contribution in [0.3, 0.4) is 0 Å². The molecule has 0 saturated heterocycles. The zero-order chi connectivity index (χ0) is 43.9. The first-order valence-electron chi connectivity index (χ1n) is 22.0. The minimum atomic E-state index is -2.40. The number of hydrogen-bond donors (Lipinski definition) is 0. The Balaban J connectivity index is 0.000000221. The van der Waals surface area contributed by atoms with E-state index in [1.807, 2.05) is 48.5 Å². The topological polar surface area (TPSA) is 56.7 Å². The fourth-order valence-electron chi connectivity index (χ4n) is 7.33. The normalized spacial score (nSPS) is 13.2. The van der Waals surface area contributed by atoms with Crippen molar-refractivity contribution in [1.82, 2.24) is 19.5 Å². The molecule has 0 atom stereocenters. The molecule has 9 rings (SSSR count). The SMILES string of the molecule is CC(C)c1cccc(C(C)C)c1-n1c(-c2[c-]ccc3c2oc2nc(-c4ccccc4)ccc23)nc2ccccc21.[2H]C([2H])([2H])c1cnc(-c2[c-]cccc2)cc1C([2H])([2H])C(C)C.[Ir]. The number of fused-ring (bicyclic) bond motifs is 4. The molecule has 0 N–H and O–H groups in total. The van der Waals surface area contributed by atoms with Gasteiger partial charge in [-0.3, -0.25) is 4.98 Å². The van der Waals surface area contributed by atoms with Gasteiger partial charge >= 0.3 is 0 Å².